The van der Waals surface area contributed by atoms with Crippen molar-refractivity contribution in [2.24, 2.45) is 0 Å². The van der Waals surface area contributed by atoms with Crippen LogP contribution in [0.1, 0.15) is 23.7 Å². The highest BCUT2D eigenvalue weighted by Gasteiger charge is 2.30. The monoisotopic (exact) mass is 395 g/mol. The molecule has 0 bridgehead atoms. The third kappa shape index (κ3) is 3.89. The number of hydrogen-bond donors (Lipinski definition) is 0. The molecule has 1 fully saturated rings. The molecule has 6 nitrogen and oxygen atoms in total. The van der Waals surface area contributed by atoms with E-state index in [1.807, 2.05) is 59.5 Å². The first-order valence-corrected chi connectivity index (χ1v) is 10.1. The van der Waals surface area contributed by atoms with Gasteiger partial charge in [-0.15, -0.1) is 10.2 Å². The van der Waals surface area contributed by atoms with Crippen LogP contribution in [-0.4, -0.2) is 41.2 Å². The number of aromatic nitrogens is 2. The largest absolute Gasteiger partial charge is 0.496 e. The highest BCUT2D eigenvalue weighted by molar-refractivity contribution is 8.00. The van der Waals surface area contributed by atoms with Gasteiger partial charge in [0.05, 0.1) is 12.7 Å². The van der Waals surface area contributed by atoms with E-state index in [-0.39, 0.29) is 5.91 Å². The van der Waals surface area contributed by atoms with Gasteiger partial charge < -0.3 is 14.1 Å². The number of likely N-dealkylation sites (tertiary alicyclic amines) is 1. The molecule has 0 N–H and O–H groups in total. The Hall–Kier alpha value is -2.80. The van der Waals surface area contributed by atoms with E-state index < -0.39 is 5.25 Å². The average molecular weight is 395 g/mol. The van der Waals surface area contributed by atoms with Crippen molar-refractivity contribution >= 4 is 17.7 Å². The van der Waals surface area contributed by atoms with Crippen molar-refractivity contribution in [3.63, 3.8) is 0 Å². The Bertz CT molecular complexity index is 939. The summed E-state index contributed by atoms with van der Waals surface area (Å²) in [4.78, 5) is 15.0. The zero-order valence-electron chi connectivity index (χ0n) is 15.6. The van der Waals surface area contributed by atoms with Gasteiger partial charge in [-0.05, 0) is 42.3 Å². The molecule has 1 saturated heterocycles. The number of thioether (sulfide) groups is 1. The molecule has 28 heavy (non-hydrogen) atoms. The third-order valence-electron chi connectivity index (χ3n) is 4.71. The van der Waals surface area contributed by atoms with Crippen LogP contribution < -0.4 is 4.74 Å². The number of ether oxygens (including phenoxy) is 1. The Morgan fingerprint density at radius 1 is 1.07 bits per heavy atom. The predicted octanol–water partition coefficient (Wildman–Crippen LogP) is 4.20. The minimum atomic E-state index is -0.412. The lowest BCUT2D eigenvalue weighted by Gasteiger charge is -2.22. The summed E-state index contributed by atoms with van der Waals surface area (Å²) in [5.74, 6) is 1.13. The molecule has 2 aromatic carbocycles. The normalized spacial score (nSPS) is 14.8. The number of hydrogen-bond acceptors (Lipinski definition) is 6. The van der Waals surface area contributed by atoms with E-state index >= 15 is 0 Å². The van der Waals surface area contributed by atoms with Crippen LogP contribution in [0.15, 0.2) is 64.2 Å². The molecule has 0 spiro atoms. The minimum Gasteiger partial charge on any atom is -0.496 e. The number of carbonyl (C=O) groups is 1. The summed E-state index contributed by atoms with van der Waals surface area (Å²) in [6, 6.07) is 17.2. The number of carbonyl (C=O) groups excluding carboxylic acids is 1. The van der Waals surface area contributed by atoms with Gasteiger partial charge in [0, 0.05) is 13.1 Å². The van der Waals surface area contributed by atoms with Gasteiger partial charge in [-0.1, -0.05) is 42.5 Å². The van der Waals surface area contributed by atoms with Crippen molar-refractivity contribution < 1.29 is 13.9 Å². The third-order valence-corrected chi connectivity index (χ3v) is 5.78. The Morgan fingerprint density at radius 3 is 2.54 bits per heavy atom. The quantitative estimate of drug-likeness (QED) is 0.583. The smallest absolute Gasteiger partial charge is 0.277 e. The van der Waals surface area contributed by atoms with Gasteiger partial charge in [-0.3, -0.25) is 4.79 Å². The Balaban J connectivity index is 1.61. The first-order valence-electron chi connectivity index (χ1n) is 9.23. The number of methoxy groups -OCH3 is 1. The van der Waals surface area contributed by atoms with Crippen LogP contribution >= 0.6 is 11.8 Å². The van der Waals surface area contributed by atoms with Gasteiger partial charge in [-0.2, -0.15) is 0 Å². The Kier molecular flexibility index (Phi) is 5.62. The summed E-state index contributed by atoms with van der Waals surface area (Å²) in [5.41, 5.74) is 1.66. The number of amides is 1. The fourth-order valence-electron chi connectivity index (χ4n) is 3.28. The first-order chi connectivity index (χ1) is 13.8. The van der Waals surface area contributed by atoms with Crippen molar-refractivity contribution in [1.29, 1.82) is 0 Å². The summed E-state index contributed by atoms with van der Waals surface area (Å²) < 4.78 is 11.2. The van der Waals surface area contributed by atoms with Crippen molar-refractivity contribution in [3.8, 4) is 17.2 Å². The molecule has 1 aliphatic heterocycles. The number of para-hydroxylation sites is 1. The van der Waals surface area contributed by atoms with E-state index in [2.05, 4.69) is 10.2 Å². The van der Waals surface area contributed by atoms with Crippen LogP contribution in [-0.2, 0) is 4.79 Å². The zero-order valence-corrected chi connectivity index (χ0v) is 16.4. The maximum Gasteiger partial charge on any atom is 0.277 e. The molecule has 0 aliphatic carbocycles. The van der Waals surface area contributed by atoms with E-state index in [4.69, 9.17) is 9.15 Å². The van der Waals surface area contributed by atoms with Gasteiger partial charge in [0.25, 0.3) is 11.1 Å². The van der Waals surface area contributed by atoms with Crippen LogP contribution in [0.3, 0.4) is 0 Å². The van der Waals surface area contributed by atoms with Gasteiger partial charge in [0.1, 0.15) is 11.0 Å². The Labute approximate surface area is 167 Å². The number of rotatable bonds is 6. The molecule has 0 radical (unpaired) electrons. The van der Waals surface area contributed by atoms with E-state index in [9.17, 15) is 4.79 Å². The molecule has 7 heteroatoms. The van der Waals surface area contributed by atoms with Crippen LogP contribution in [0.4, 0.5) is 0 Å². The molecule has 0 saturated carbocycles. The first kappa shape index (κ1) is 18.6. The average Bonchev–Trinajstić information content (AvgIpc) is 3.44. The second-order valence-electron chi connectivity index (χ2n) is 6.51. The minimum absolute atomic E-state index is 0.0886. The highest BCUT2D eigenvalue weighted by atomic mass is 32.2. The van der Waals surface area contributed by atoms with Crippen molar-refractivity contribution in [2.45, 2.75) is 23.3 Å². The fourth-order valence-corrected chi connectivity index (χ4v) is 4.24. The molecular weight excluding hydrogens is 374 g/mol. The SMILES string of the molecule is COc1ccccc1-c1nnc(S[C@@H](C(=O)N2CCCC2)c2ccccc2)o1. The topological polar surface area (TPSA) is 68.5 Å². The molecular formula is C21H21N3O3S. The zero-order chi connectivity index (χ0) is 19.3. The van der Waals surface area contributed by atoms with Gasteiger partial charge >= 0.3 is 0 Å². The summed E-state index contributed by atoms with van der Waals surface area (Å²) in [6.45, 7) is 1.61. The van der Waals surface area contributed by atoms with Gasteiger partial charge in [-0.25, -0.2) is 0 Å². The lowest BCUT2D eigenvalue weighted by atomic mass is 10.1. The lowest BCUT2D eigenvalue weighted by Crippen LogP contribution is -2.31. The van der Waals surface area contributed by atoms with E-state index in [1.165, 1.54) is 11.8 Å². The molecule has 2 heterocycles. The van der Waals surface area contributed by atoms with Crippen molar-refractivity contribution in [1.82, 2.24) is 15.1 Å². The standard InChI is InChI=1S/C21H21N3O3S/c1-26-17-12-6-5-11-16(17)19-22-23-21(27-19)28-18(15-9-3-2-4-10-15)20(25)24-13-7-8-14-24/h2-6,9-12,18H,7-8,13-14H2,1H3/t18-/m1/s1. The molecule has 3 aromatic rings. The van der Waals surface area contributed by atoms with E-state index in [0.717, 1.165) is 37.1 Å². The van der Waals surface area contributed by atoms with Gasteiger partial charge in [0.2, 0.25) is 5.91 Å². The predicted molar refractivity (Wildman–Crippen MR) is 107 cm³/mol. The second-order valence-corrected chi connectivity index (χ2v) is 7.57. The molecule has 1 aliphatic rings. The van der Waals surface area contributed by atoms with E-state index in [1.54, 1.807) is 7.11 Å². The summed E-state index contributed by atoms with van der Waals surface area (Å²) >= 11 is 1.29. The molecule has 4 rings (SSSR count). The van der Waals surface area contributed by atoms with Crippen LogP contribution in [0, 0.1) is 0 Å². The van der Waals surface area contributed by atoms with Crippen LogP contribution in [0.5, 0.6) is 5.75 Å². The number of nitrogens with zero attached hydrogens (tertiary/aromatic N) is 3. The fraction of sp³-hybridized carbons (Fsp3) is 0.286. The lowest BCUT2D eigenvalue weighted by molar-refractivity contribution is -0.129. The summed E-state index contributed by atoms with van der Waals surface area (Å²) in [7, 11) is 1.60. The second kappa shape index (κ2) is 8.48. The molecule has 144 valence electrons. The van der Waals surface area contributed by atoms with Crippen molar-refractivity contribution in [2.75, 3.05) is 20.2 Å². The molecule has 0 unspecified atom stereocenters. The summed E-state index contributed by atoms with van der Waals surface area (Å²) in [5, 5.41) is 8.27. The van der Waals surface area contributed by atoms with E-state index in [0.29, 0.717) is 16.9 Å². The number of benzene rings is 2. The van der Waals surface area contributed by atoms with Crippen molar-refractivity contribution in [3.05, 3.63) is 60.2 Å². The maximum absolute atomic E-state index is 13.1. The maximum atomic E-state index is 13.1. The molecule has 1 aromatic heterocycles. The molecule has 1 atom stereocenters. The van der Waals surface area contributed by atoms with Gasteiger partial charge in [0.15, 0.2) is 0 Å². The summed E-state index contributed by atoms with van der Waals surface area (Å²) in [6.07, 6.45) is 2.10. The van der Waals surface area contributed by atoms with Crippen LogP contribution in [0.25, 0.3) is 11.5 Å². The highest BCUT2D eigenvalue weighted by Crippen LogP contribution is 2.38. The van der Waals surface area contributed by atoms with Crippen LogP contribution in [0.2, 0.25) is 0 Å². The molecule has 1 amide bonds. The Morgan fingerprint density at radius 2 is 1.79 bits per heavy atom.